The minimum Gasteiger partial charge on any atom is -0.451 e. The van der Waals surface area contributed by atoms with Crippen molar-refractivity contribution in [2.75, 3.05) is 13.3 Å². The lowest BCUT2D eigenvalue weighted by Gasteiger charge is -2.44. The molecule has 18 heteroatoms. The van der Waals surface area contributed by atoms with Crippen LogP contribution in [0.5, 0.6) is 5.75 Å². The molecule has 2 aromatic carbocycles. The lowest BCUT2D eigenvalue weighted by Crippen LogP contribution is -2.65. The van der Waals surface area contributed by atoms with Gasteiger partial charge in [-0.3, -0.25) is 29.0 Å². The summed E-state index contributed by atoms with van der Waals surface area (Å²) in [5.74, 6) is -5.89. The third kappa shape index (κ3) is 8.79. The number of benzene rings is 2. The fraction of sp³-hybridized carbons (Fsp3) is 0.364. The molecule has 1 spiro atoms. The van der Waals surface area contributed by atoms with E-state index in [2.05, 4.69) is 20.3 Å². The number of esters is 1. The first-order chi connectivity index (χ1) is 24.0. The van der Waals surface area contributed by atoms with E-state index in [0.717, 1.165) is 12.1 Å². The smallest absolute Gasteiger partial charge is 0.451 e. The van der Waals surface area contributed by atoms with Crippen molar-refractivity contribution in [2.24, 2.45) is 5.16 Å². The maximum absolute atomic E-state index is 14.4. The first kappa shape index (κ1) is 37.1. The van der Waals surface area contributed by atoms with Crippen molar-refractivity contribution in [3.05, 3.63) is 88.3 Å². The molecule has 5 rings (SSSR count). The van der Waals surface area contributed by atoms with Gasteiger partial charge in [0, 0.05) is 24.2 Å². The van der Waals surface area contributed by atoms with Crippen LogP contribution in [0.2, 0.25) is 0 Å². The Morgan fingerprint density at radius 3 is 2.51 bits per heavy atom. The molecule has 2 aromatic rings. The zero-order chi connectivity index (χ0) is 37.1. The van der Waals surface area contributed by atoms with Crippen molar-refractivity contribution in [3.63, 3.8) is 0 Å². The van der Waals surface area contributed by atoms with E-state index < -0.39 is 79.3 Å². The van der Waals surface area contributed by atoms with E-state index in [4.69, 9.17) is 24.1 Å². The highest BCUT2D eigenvalue weighted by atomic mass is 31.2. The largest absolute Gasteiger partial charge is 0.524 e. The molecule has 0 saturated carbocycles. The Morgan fingerprint density at radius 1 is 1.12 bits per heavy atom. The van der Waals surface area contributed by atoms with Crippen LogP contribution >= 0.6 is 7.82 Å². The van der Waals surface area contributed by atoms with Crippen molar-refractivity contribution < 1.29 is 61.1 Å². The van der Waals surface area contributed by atoms with Gasteiger partial charge in [0.1, 0.15) is 28.6 Å². The Balaban J connectivity index is 1.42. The first-order valence-electron chi connectivity index (χ1n) is 15.7. The van der Waals surface area contributed by atoms with Crippen LogP contribution in [0.15, 0.2) is 70.7 Å². The molecule has 3 bridgehead atoms. The number of nitrogens with zero attached hydrogens (tertiary/aromatic N) is 2. The fourth-order valence-corrected chi connectivity index (χ4v) is 6.19. The number of phosphoric acid groups is 1. The molecule has 15 nitrogen and oxygen atoms in total. The van der Waals surface area contributed by atoms with E-state index in [0.29, 0.717) is 30.2 Å². The summed E-state index contributed by atoms with van der Waals surface area (Å²) in [6.45, 7) is 3.98. The number of carbonyl (C=O) groups excluding carboxylic acids is 4. The molecule has 0 radical (unpaired) electrons. The number of nitrogens with one attached hydrogen (secondary N) is 2. The molecule has 2 fully saturated rings. The Bertz CT molecular complexity index is 1870. The second-order valence-corrected chi connectivity index (χ2v) is 13.5. The van der Waals surface area contributed by atoms with E-state index in [1.165, 1.54) is 35.2 Å². The van der Waals surface area contributed by atoms with Gasteiger partial charge in [-0.05, 0) is 63.5 Å². The Labute approximate surface area is 290 Å². The number of hydrogen-bond donors (Lipinski definition) is 4. The Morgan fingerprint density at radius 2 is 1.84 bits per heavy atom. The average molecular weight is 733 g/mol. The summed E-state index contributed by atoms with van der Waals surface area (Å²) >= 11 is 0. The van der Waals surface area contributed by atoms with Crippen LogP contribution in [0.1, 0.15) is 44.7 Å². The summed E-state index contributed by atoms with van der Waals surface area (Å²) in [6.07, 6.45) is 1.09. The van der Waals surface area contributed by atoms with Crippen molar-refractivity contribution in [3.8, 4) is 5.75 Å². The molecule has 51 heavy (non-hydrogen) atoms. The van der Waals surface area contributed by atoms with Gasteiger partial charge in [-0.1, -0.05) is 23.4 Å². The van der Waals surface area contributed by atoms with Gasteiger partial charge in [-0.15, -0.1) is 0 Å². The third-order valence-electron chi connectivity index (χ3n) is 8.28. The maximum Gasteiger partial charge on any atom is 0.524 e. The predicted octanol–water partition coefficient (Wildman–Crippen LogP) is 2.67. The molecule has 3 aliphatic rings. The number of fused-ring (bicyclic) bond motifs is 2. The van der Waals surface area contributed by atoms with E-state index in [1.54, 1.807) is 13.8 Å². The number of allylic oxidation sites excluding steroid dienone is 1. The number of rotatable bonds is 12. The first-order valence-corrected chi connectivity index (χ1v) is 17.2. The van der Waals surface area contributed by atoms with Gasteiger partial charge in [-0.25, -0.2) is 13.3 Å². The number of Topliss-reactive ketones (excluding diaryl/α,β-unsaturated/α-hetero) is 1. The molecule has 2 amide bonds. The summed E-state index contributed by atoms with van der Waals surface area (Å²) < 4.78 is 54.2. The van der Waals surface area contributed by atoms with Gasteiger partial charge in [0.05, 0.1) is 24.3 Å². The highest BCUT2D eigenvalue weighted by Crippen LogP contribution is 2.39. The van der Waals surface area contributed by atoms with E-state index in [1.807, 2.05) is 6.92 Å². The minimum atomic E-state index is -4.78. The summed E-state index contributed by atoms with van der Waals surface area (Å²) in [5, 5.41) is 9.67. The quantitative estimate of drug-likeness (QED) is 0.0622. The Kier molecular flexibility index (Phi) is 10.9. The monoisotopic (exact) mass is 732 g/mol. The van der Waals surface area contributed by atoms with Gasteiger partial charge in [-0.2, -0.15) is 0 Å². The van der Waals surface area contributed by atoms with Crippen molar-refractivity contribution in [1.29, 1.82) is 0 Å². The molecule has 0 aliphatic carbocycles. The zero-order valence-electron chi connectivity index (χ0n) is 27.7. The van der Waals surface area contributed by atoms with Crippen LogP contribution in [0.25, 0.3) is 0 Å². The van der Waals surface area contributed by atoms with Crippen LogP contribution in [0.3, 0.4) is 0 Å². The molecule has 2 saturated heterocycles. The highest BCUT2D eigenvalue weighted by Gasteiger charge is 2.54. The number of hydrogen-bond acceptors (Lipinski definition) is 11. The normalized spacial score (nSPS) is 21.4. The summed E-state index contributed by atoms with van der Waals surface area (Å²) in [6, 6.07) is 7.74. The predicted molar refractivity (Wildman–Crippen MR) is 173 cm³/mol. The van der Waals surface area contributed by atoms with Crippen LogP contribution in [0.4, 0.5) is 8.78 Å². The van der Waals surface area contributed by atoms with E-state index in [9.17, 15) is 32.5 Å². The standard InChI is InChI=1S/C33H35F2N4O11P/c1-18(2)38-49-26-11-4-19(3)39-16-33(26)14-24(31(42)36-15-21-7-8-22(34)13-25(21)35)29(41)30(28(37-33)32(39)43)48-17-47-27(40)12-20-5-9-23(10-6-20)50-51(44,45)46/h5-10,13-14,19,26,37H,4,11-12,15-17H2,1-3H3,(H,36,42)(H2,44,45,46). The number of phosphoric ester groups is 1. The molecule has 272 valence electrons. The molecule has 3 unspecified atom stereocenters. The van der Waals surface area contributed by atoms with Crippen LogP contribution < -0.4 is 15.2 Å². The summed E-state index contributed by atoms with van der Waals surface area (Å²) in [5.41, 5.74) is -1.22. The van der Waals surface area contributed by atoms with Crippen LogP contribution in [-0.2, 0) is 51.0 Å². The average Bonchev–Trinajstić information content (AvgIpc) is 3.23. The third-order valence-corrected chi connectivity index (χ3v) is 8.73. The SMILES string of the molecule is CC(C)=NOC1CCC(C)N2CC13C=C(C(=O)NCc1ccc(F)cc1F)C(=O)C(OCOC(=O)Cc1ccc(OP(=O)(O)O)cc1)=C(N3)C2=O. The molecule has 0 aromatic heterocycles. The van der Waals surface area contributed by atoms with Gasteiger partial charge in [0.2, 0.25) is 18.3 Å². The van der Waals surface area contributed by atoms with Crippen molar-refractivity contribution >= 4 is 37.1 Å². The number of halogens is 2. The number of ketones is 1. The second-order valence-electron chi connectivity index (χ2n) is 12.3. The van der Waals surface area contributed by atoms with Gasteiger partial charge < -0.3 is 34.4 Å². The topological polar surface area (TPSA) is 202 Å². The molecular weight excluding hydrogens is 697 g/mol. The highest BCUT2D eigenvalue weighted by molar-refractivity contribution is 7.46. The summed E-state index contributed by atoms with van der Waals surface area (Å²) in [7, 11) is -4.78. The Hall–Kier alpha value is -5.12. The van der Waals surface area contributed by atoms with Gasteiger partial charge in [0.15, 0.2) is 6.10 Å². The lowest BCUT2D eigenvalue weighted by atomic mass is 9.86. The summed E-state index contributed by atoms with van der Waals surface area (Å²) in [4.78, 5) is 79.6. The lowest BCUT2D eigenvalue weighted by molar-refractivity contribution is -0.154. The fourth-order valence-electron chi connectivity index (χ4n) is 5.79. The molecule has 3 atom stereocenters. The molecular formula is C33H35F2N4O11P. The number of carbonyl (C=O) groups is 4. The number of oxime groups is 1. The van der Waals surface area contributed by atoms with Gasteiger partial charge in [0.25, 0.3) is 11.8 Å². The van der Waals surface area contributed by atoms with E-state index in [-0.39, 0.29) is 36.0 Å². The minimum absolute atomic E-state index is 0.0175. The number of piperazine rings is 1. The second kappa shape index (κ2) is 15.0. The van der Waals surface area contributed by atoms with Crippen molar-refractivity contribution in [2.45, 2.75) is 64.3 Å². The van der Waals surface area contributed by atoms with Crippen LogP contribution in [-0.4, -0.2) is 75.0 Å². The molecule has 3 heterocycles. The van der Waals surface area contributed by atoms with Gasteiger partial charge >= 0.3 is 13.8 Å². The van der Waals surface area contributed by atoms with Crippen molar-refractivity contribution in [1.82, 2.24) is 15.5 Å². The van der Waals surface area contributed by atoms with Crippen LogP contribution in [0, 0.1) is 11.6 Å². The van der Waals surface area contributed by atoms with E-state index >= 15 is 0 Å². The maximum atomic E-state index is 14.4. The number of amides is 2. The number of ether oxygens (including phenoxy) is 2. The molecule has 3 aliphatic heterocycles. The zero-order valence-corrected chi connectivity index (χ0v) is 28.6. The molecule has 4 N–H and O–H groups in total.